The monoisotopic (exact) mass is 319 g/mol. The Morgan fingerprint density at radius 2 is 1.83 bits per heavy atom. The second kappa shape index (κ2) is 6.96. The van der Waals surface area contributed by atoms with Crippen molar-refractivity contribution < 1.29 is 14.3 Å². The minimum Gasteiger partial charge on any atom is -0.493 e. The highest BCUT2D eigenvalue weighted by molar-refractivity contribution is 5.81. The molecule has 24 heavy (non-hydrogen) atoms. The molecule has 2 aromatic carbocycles. The fourth-order valence-corrected chi connectivity index (χ4v) is 2.38. The van der Waals surface area contributed by atoms with Gasteiger partial charge in [0.1, 0.15) is 0 Å². The lowest BCUT2D eigenvalue weighted by molar-refractivity contribution is -0.132. The largest absolute Gasteiger partial charge is 0.493 e. The molecule has 1 aromatic heterocycles. The molecule has 0 bridgehead atoms. The van der Waals surface area contributed by atoms with Crippen molar-refractivity contribution in [1.82, 2.24) is 4.98 Å². The van der Waals surface area contributed by atoms with E-state index >= 15 is 0 Å². The minimum absolute atomic E-state index is 0.378. The predicted octanol–water partition coefficient (Wildman–Crippen LogP) is 4.34. The number of carbonyl (C=O) groups is 1. The van der Waals surface area contributed by atoms with E-state index < -0.39 is 0 Å². The molecule has 1 heterocycles. The lowest BCUT2D eigenvalue weighted by Crippen LogP contribution is -2.02. The fourth-order valence-electron chi connectivity index (χ4n) is 2.38. The first-order valence-corrected chi connectivity index (χ1v) is 7.56. The first kappa shape index (κ1) is 15.7. The van der Waals surface area contributed by atoms with Crippen molar-refractivity contribution in [2.75, 3.05) is 7.11 Å². The Bertz CT molecular complexity index is 916. The van der Waals surface area contributed by atoms with Gasteiger partial charge in [-0.15, -0.1) is 0 Å². The van der Waals surface area contributed by atoms with Gasteiger partial charge in [0.25, 0.3) is 0 Å². The fraction of sp³-hybridized carbons (Fsp3) is 0.100. The molecular weight excluding hydrogens is 302 g/mol. The first-order chi connectivity index (χ1) is 11.7. The summed E-state index contributed by atoms with van der Waals surface area (Å²) in [5, 5.41) is 1.11. The second-order valence-corrected chi connectivity index (χ2v) is 5.27. The number of para-hydroxylation sites is 1. The maximum Gasteiger partial charge on any atom is 0.308 e. The zero-order chi connectivity index (χ0) is 16.9. The van der Waals surface area contributed by atoms with Crippen LogP contribution in [0.25, 0.3) is 23.1 Å². The molecule has 0 radical (unpaired) electrons. The number of fused-ring (bicyclic) bond motifs is 1. The van der Waals surface area contributed by atoms with Gasteiger partial charge in [0.2, 0.25) is 0 Å². The van der Waals surface area contributed by atoms with E-state index in [0.717, 1.165) is 22.2 Å². The number of hydrogen-bond acceptors (Lipinski definition) is 4. The molecule has 0 aliphatic rings. The van der Waals surface area contributed by atoms with Gasteiger partial charge in [-0.2, -0.15) is 0 Å². The summed E-state index contributed by atoms with van der Waals surface area (Å²) in [4.78, 5) is 15.7. The summed E-state index contributed by atoms with van der Waals surface area (Å²) in [6.45, 7) is 1.36. The van der Waals surface area contributed by atoms with E-state index in [0.29, 0.717) is 11.5 Å². The van der Waals surface area contributed by atoms with Crippen molar-refractivity contribution in [2.24, 2.45) is 0 Å². The molecule has 0 fully saturated rings. The van der Waals surface area contributed by atoms with Crippen molar-refractivity contribution >= 4 is 29.0 Å². The molecule has 4 heteroatoms. The molecule has 4 nitrogen and oxygen atoms in total. The Kier molecular flexibility index (Phi) is 4.57. The number of carbonyl (C=O) groups excluding carboxylic acids is 1. The Morgan fingerprint density at radius 3 is 2.62 bits per heavy atom. The number of aromatic nitrogens is 1. The van der Waals surface area contributed by atoms with Gasteiger partial charge in [-0.1, -0.05) is 36.4 Å². The highest BCUT2D eigenvalue weighted by atomic mass is 16.6. The molecule has 0 aliphatic heterocycles. The number of pyridine rings is 1. The third-order valence-corrected chi connectivity index (χ3v) is 3.51. The minimum atomic E-state index is -0.378. The number of ether oxygens (including phenoxy) is 2. The third-order valence-electron chi connectivity index (χ3n) is 3.51. The number of methoxy groups -OCH3 is 1. The van der Waals surface area contributed by atoms with Crippen molar-refractivity contribution in [2.45, 2.75) is 6.92 Å². The van der Waals surface area contributed by atoms with Crippen molar-refractivity contribution in [3.8, 4) is 11.5 Å². The first-order valence-electron chi connectivity index (χ1n) is 7.56. The molecule has 120 valence electrons. The van der Waals surface area contributed by atoms with Crippen LogP contribution in [0.15, 0.2) is 54.6 Å². The number of esters is 1. The highest BCUT2D eigenvalue weighted by Crippen LogP contribution is 2.29. The molecule has 0 unspecified atom stereocenters. The van der Waals surface area contributed by atoms with Gasteiger partial charge in [0, 0.05) is 12.3 Å². The van der Waals surface area contributed by atoms with Crippen molar-refractivity contribution in [1.29, 1.82) is 0 Å². The van der Waals surface area contributed by atoms with Crippen LogP contribution in [0, 0.1) is 0 Å². The van der Waals surface area contributed by atoms with Crippen LogP contribution in [0.2, 0.25) is 0 Å². The summed E-state index contributed by atoms with van der Waals surface area (Å²) in [5.41, 5.74) is 2.76. The smallest absolute Gasteiger partial charge is 0.308 e. The van der Waals surface area contributed by atoms with Crippen LogP contribution < -0.4 is 9.47 Å². The summed E-state index contributed by atoms with van der Waals surface area (Å²) in [6, 6.07) is 17.4. The van der Waals surface area contributed by atoms with Crippen LogP contribution in [-0.4, -0.2) is 18.1 Å². The molecule has 0 spiro atoms. The number of nitrogens with zero attached hydrogens (tertiary/aromatic N) is 1. The third kappa shape index (κ3) is 3.60. The van der Waals surface area contributed by atoms with E-state index in [9.17, 15) is 4.79 Å². The molecular formula is C20H17NO3. The van der Waals surface area contributed by atoms with Crippen LogP contribution in [0.4, 0.5) is 0 Å². The maximum absolute atomic E-state index is 11.1. The van der Waals surface area contributed by atoms with E-state index in [-0.39, 0.29) is 5.97 Å². The van der Waals surface area contributed by atoms with Gasteiger partial charge >= 0.3 is 5.97 Å². The molecule has 3 rings (SSSR count). The van der Waals surface area contributed by atoms with Gasteiger partial charge in [-0.3, -0.25) is 4.79 Å². The SMILES string of the molecule is COc1cc(/C=C/c2ccc3ccccc3n2)ccc1OC(C)=O. The lowest BCUT2D eigenvalue weighted by Gasteiger charge is -2.08. The normalized spacial score (nSPS) is 10.9. The Morgan fingerprint density at radius 1 is 1.00 bits per heavy atom. The zero-order valence-electron chi connectivity index (χ0n) is 13.5. The van der Waals surface area contributed by atoms with E-state index in [1.807, 2.05) is 60.7 Å². The maximum atomic E-state index is 11.1. The zero-order valence-corrected chi connectivity index (χ0v) is 13.5. The van der Waals surface area contributed by atoms with Crippen LogP contribution >= 0.6 is 0 Å². The van der Waals surface area contributed by atoms with Crippen molar-refractivity contribution in [3.63, 3.8) is 0 Å². The van der Waals surface area contributed by atoms with Gasteiger partial charge in [0.05, 0.1) is 18.3 Å². The number of hydrogen-bond donors (Lipinski definition) is 0. The Balaban J connectivity index is 1.86. The average Bonchev–Trinajstić information content (AvgIpc) is 2.60. The number of rotatable bonds is 4. The summed E-state index contributed by atoms with van der Waals surface area (Å²) < 4.78 is 10.4. The van der Waals surface area contributed by atoms with Gasteiger partial charge in [-0.05, 0) is 35.9 Å². The van der Waals surface area contributed by atoms with Crippen LogP contribution in [0.3, 0.4) is 0 Å². The standard InChI is InChI=1S/C20H17NO3/c1-14(22)24-19-12-8-15(13-20(19)23-2)7-10-17-11-9-16-5-3-4-6-18(16)21-17/h3-13H,1-2H3/b10-7+. The molecule has 0 N–H and O–H groups in total. The lowest BCUT2D eigenvalue weighted by atomic mass is 10.1. The molecule has 3 aromatic rings. The molecule has 0 saturated heterocycles. The molecule has 0 amide bonds. The van der Waals surface area contributed by atoms with Crippen molar-refractivity contribution in [3.05, 3.63) is 65.9 Å². The van der Waals surface area contributed by atoms with E-state index in [1.54, 1.807) is 13.2 Å². The highest BCUT2D eigenvalue weighted by Gasteiger charge is 2.07. The average molecular weight is 319 g/mol. The molecule has 0 aliphatic carbocycles. The van der Waals surface area contributed by atoms with Crippen LogP contribution in [-0.2, 0) is 4.79 Å². The Labute approximate surface area is 140 Å². The molecule has 0 saturated carbocycles. The van der Waals surface area contributed by atoms with Crippen LogP contribution in [0.5, 0.6) is 11.5 Å². The van der Waals surface area contributed by atoms with Gasteiger partial charge in [0.15, 0.2) is 11.5 Å². The summed E-state index contributed by atoms with van der Waals surface area (Å²) in [5.74, 6) is 0.543. The summed E-state index contributed by atoms with van der Waals surface area (Å²) in [6.07, 6.45) is 3.88. The number of benzene rings is 2. The summed E-state index contributed by atoms with van der Waals surface area (Å²) in [7, 11) is 1.54. The second-order valence-electron chi connectivity index (χ2n) is 5.27. The molecule has 0 atom stereocenters. The van der Waals surface area contributed by atoms with Gasteiger partial charge < -0.3 is 9.47 Å². The summed E-state index contributed by atoms with van der Waals surface area (Å²) >= 11 is 0. The van der Waals surface area contributed by atoms with E-state index in [2.05, 4.69) is 4.98 Å². The van der Waals surface area contributed by atoms with Gasteiger partial charge in [-0.25, -0.2) is 4.98 Å². The predicted molar refractivity (Wildman–Crippen MR) is 95.0 cm³/mol. The Hall–Kier alpha value is -3.14. The van der Waals surface area contributed by atoms with E-state index in [1.165, 1.54) is 6.92 Å². The van der Waals surface area contributed by atoms with E-state index in [4.69, 9.17) is 9.47 Å². The quantitative estimate of drug-likeness (QED) is 0.530. The topological polar surface area (TPSA) is 48.4 Å². The van der Waals surface area contributed by atoms with Crippen LogP contribution in [0.1, 0.15) is 18.2 Å².